The Labute approximate surface area is 185 Å². The van der Waals surface area contributed by atoms with Gasteiger partial charge >= 0.3 is 0 Å². The zero-order chi connectivity index (χ0) is 22.4. The topological polar surface area (TPSA) is 75.7 Å². The lowest BCUT2D eigenvalue weighted by Gasteiger charge is -2.30. The van der Waals surface area contributed by atoms with Crippen molar-refractivity contribution in [2.75, 3.05) is 26.2 Å². The van der Waals surface area contributed by atoms with E-state index >= 15 is 0 Å². The van der Waals surface area contributed by atoms with Crippen LogP contribution in [-0.4, -0.2) is 44.9 Å². The maximum Gasteiger partial charge on any atom is 0.223 e. The van der Waals surface area contributed by atoms with Crippen LogP contribution in [-0.2, 0) is 20.6 Å². The van der Waals surface area contributed by atoms with Gasteiger partial charge in [-0.3, -0.25) is 4.79 Å². The Balaban J connectivity index is 1.41. The van der Waals surface area contributed by atoms with Gasteiger partial charge in [-0.25, -0.2) is 12.7 Å². The number of carbonyl (C=O) groups is 1. The first kappa shape index (κ1) is 23.3. The average molecular weight is 445 g/mol. The van der Waals surface area contributed by atoms with Crippen molar-refractivity contribution in [2.24, 2.45) is 5.92 Å². The molecule has 31 heavy (non-hydrogen) atoms. The number of hydrogen-bond acceptors (Lipinski definition) is 4. The highest BCUT2D eigenvalue weighted by atomic mass is 32.2. The maximum absolute atomic E-state index is 12.7. The molecule has 2 aromatic rings. The number of piperidine rings is 1. The SMILES string of the molecule is Cc1cccc(CS(=O)(=O)N2CCC(C(=O)NCCOc3cc(C)cc(C)c3)CC2)c1. The Morgan fingerprint density at radius 2 is 1.71 bits per heavy atom. The van der Waals surface area contributed by atoms with Gasteiger partial charge in [0.05, 0.1) is 12.3 Å². The maximum atomic E-state index is 12.7. The third-order valence-electron chi connectivity index (χ3n) is 5.51. The van der Waals surface area contributed by atoms with Crippen LogP contribution < -0.4 is 10.1 Å². The zero-order valence-electron chi connectivity index (χ0n) is 18.6. The van der Waals surface area contributed by atoms with Crippen molar-refractivity contribution in [3.05, 3.63) is 64.7 Å². The average Bonchev–Trinajstić information content (AvgIpc) is 2.70. The molecule has 0 unspecified atom stereocenters. The molecule has 0 aliphatic carbocycles. The number of hydrogen-bond donors (Lipinski definition) is 1. The van der Waals surface area contributed by atoms with Gasteiger partial charge < -0.3 is 10.1 Å². The van der Waals surface area contributed by atoms with E-state index in [1.165, 1.54) is 4.31 Å². The van der Waals surface area contributed by atoms with Gasteiger partial charge in [-0.1, -0.05) is 35.9 Å². The molecule has 7 heteroatoms. The normalized spacial score (nSPS) is 15.6. The van der Waals surface area contributed by atoms with Gasteiger partial charge in [0.25, 0.3) is 0 Å². The van der Waals surface area contributed by atoms with Crippen LogP contribution in [0.1, 0.15) is 35.1 Å². The smallest absolute Gasteiger partial charge is 0.223 e. The number of sulfonamides is 1. The van der Waals surface area contributed by atoms with E-state index in [4.69, 9.17) is 4.74 Å². The van der Waals surface area contributed by atoms with Crippen molar-refractivity contribution < 1.29 is 17.9 Å². The summed E-state index contributed by atoms with van der Waals surface area (Å²) in [5.74, 6) is 0.617. The second-order valence-corrected chi connectivity index (χ2v) is 10.4. The molecule has 0 bridgehead atoms. The molecule has 168 valence electrons. The number of nitrogens with zero attached hydrogens (tertiary/aromatic N) is 1. The molecular weight excluding hydrogens is 412 g/mol. The largest absolute Gasteiger partial charge is 0.492 e. The van der Waals surface area contributed by atoms with Gasteiger partial charge in [-0.15, -0.1) is 0 Å². The molecule has 1 aliphatic heterocycles. The summed E-state index contributed by atoms with van der Waals surface area (Å²) < 4.78 is 32.7. The van der Waals surface area contributed by atoms with Crippen molar-refractivity contribution in [1.82, 2.24) is 9.62 Å². The van der Waals surface area contributed by atoms with E-state index in [9.17, 15) is 13.2 Å². The van der Waals surface area contributed by atoms with Crippen molar-refractivity contribution in [2.45, 2.75) is 39.4 Å². The van der Waals surface area contributed by atoms with Gasteiger partial charge in [0.15, 0.2) is 0 Å². The summed E-state index contributed by atoms with van der Waals surface area (Å²) in [7, 11) is -3.38. The Hall–Kier alpha value is -2.38. The highest BCUT2D eigenvalue weighted by Gasteiger charge is 2.31. The summed E-state index contributed by atoms with van der Waals surface area (Å²) in [6.07, 6.45) is 1.08. The molecule has 0 saturated carbocycles. The van der Waals surface area contributed by atoms with Gasteiger partial charge in [-0.2, -0.15) is 0 Å². The Bertz CT molecular complexity index is 992. The Morgan fingerprint density at radius 1 is 1.03 bits per heavy atom. The first-order valence-corrected chi connectivity index (χ1v) is 12.4. The fourth-order valence-electron chi connectivity index (χ4n) is 4.00. The van der Waals surface area contributed by atoms with E-state index in [-0.39, 0.29) is 17.6 Å². The predicted octanol–water partition coefficient (Wildman–Crippen LogP) is 3.35. The van der Waals surface area contributed by atoms with Gasteiger partial charge in [0.1, 0.15) is 12.4 Å². The van der Waals surface area contributed by atoms with Crippen LogP contribution in [0.25, 0.3) is 0 Å². The van der Waals surface area contributed by atoms with Gasteiger partial charge in [-0.05, 0) is 62.4 Å². The van der Waals surface area contributed by atoms with E-state index in [2.05, 4.69) is 11.4 Å². The molecule has 2 aromatic carbocycles. The highest BCUT2D eigenvalue weighted by Crippen LogP contribution is 2.22. The molecule has 0 atom stereocenters. The van der Waals surface area contributed by atoms with Crippen LogP contribution in [0.15, 0.2) is 42.5 Å². The second-order valence-electron chi connectivity index (χ2n) is 8.38. The first-order chi connectivity index (χ1) is 14.7. The molecule has 1 N–H and O–H groups in total. The predicted molar refractivity (Wildman–Crippen MR) is 123 cm³/mol. The minimum Gasteiger partial charge on any atom is -0.492 e. The minimum absolute atomic E-state index is 0.00131. The number of rotatable bonds is 8. The summed E-state index contributed by atoms with van der Waals surface area (Å²) in [6, 6.07) is 13.6. The number of ether oxygens (including phenoxy) is 1. The van der Waals surface area contributed by atoms with E-state index < -0.39 is 10.0 Å². The standard InChI is InChI=1S/C24H32N2O4S/c1-18-5-4-6-21(14-18)17-31(28,29)26-10-7-22(8-11-26)24(27)25-9-12-30-23-15-19(2)13-20(3)16-23/h4-6,13-16,22H,7-12,17H2,1-3H3,(H,25,27). The number of aryl methyl sites for hydroxylation is 3. The van der Waals surface area contributed by atoms with Crippen molar-refractivity contribution in [1.29, 1.82) is 0 Å². The quantitative estimate of drug-likeness (QED) is 0.634. The van der Waals surface area contributed by atoms with E-state index in [0.717, 1.165) is 28.0 Å². The number of benzene rings is 2. The van der Waals surface area contributed by atoms with Crippen LogP contribution in [0.2, 0.25) is 0 Å². The van der Waals surface area contributed by atoms with Crippen LogP contribution in [0, 0.1) is 26.7 Å². The summed E-state index contributed by atoms with van der Waals surface area (Å²) >= 11 is 0. The summed E-state index contributed by atoms with van der Waals surface area (Å²) in [5, 5.41) is 2.92. The summed E-state index contributed by atoms with van der Waals surface area (Å²) in [4.78, 5) is 12.5. The molecule has 6 nitrogen and oxygen atoms in total. The lowest BCUT2D eigenvalue weighted by Crippen LogP contribution is -2.43. The van der Waals surface area contributed by atoms with Crippen LogP contribution in [0.4, 0.5) is 0 Å². The molecule has 1 aliphatic rings. The van der Waals surface area contributed by atoms with E-state index in [1.807, 2.05) is 57.2 Å². The van der Waals surface area contributed by atoms with Crippen LogP contribution >= 0.6 is 0 Å². The molecule has 1 saturated heterocycles. The zero-order valence-corrected chi connectivity index (χ0v) is 19.4. The highest BCUT2D eigenvalue weighted by molar-refractivity contribution is 7.88. The monoisotopic (exact) mass is 444 g/mol. The van der Waals surface area contributed by atoms with Crippen LogP contribution in [0.3, 0.4) is 0 Å². The number of amides is 1. The molecule has 1 fully saturated rings. The minimum atomic E-state index is -3.38. The molecule has 1 amide bonds. The lowest BCUT2D eigenvalue weighted by molar-refractivity contribution is -0.126. The number of nitrogens with one attached hydrogen (secondary N) is 1. The molecule has 3 rings (SSSR count). The fraction of sp³-hybridized carbons (Fsp3) is 0.458. The number of carbonyl (C=O) groups excluding carboxylic acids is 1. The fourth-order valence-corrected chi connectivity index (χ4v) is 5.55. The molecule has 0 spiro atoms. The molecular formula is C24H32N2O4S. The molecule has 0 radical (unpaired) electrons. The van der Waals surface area contributed by atoms with Gasteiger partial charge in [0.2, 0.25) is 15.9 Å². The molecule has 0 aromatic heterocycles. The third kappa shape index (κ3) is 6.80. The Kier molecular flexibility index (Phi) is 7.73. The lowest BCUT2D eigenvalue weighted by atomic mass is 9.97. The first-order valence-electron chi connectivity index (χ1n) is 10.7. The second kappa shape index (κ2) is 10.3. The van der Waals surface area contributed by atoms with Crippen molar-refractivity contribution in [3.8, 4) is 5.75 Å². The van der Waals surface area contributed by atoms with E-state index in [0.29, 0.717) is 39.1 Å². The van der Waals surface area contributed by atoms with Gasteiger partial charge in [0, 0.05) is 19.0 Å². The summed E-state index contributed by atoms with van der Waals surface area (Å²) in [6.45, 7) is 7.59. The molecule has 1 heterocycles. The summed E-state index contributed by atoms with van der Waals surface area (Å²) in [5.41, 5.74) is 4.12. The van der Waals surface area contributed by atoms with Crippen molar-refractivity contribution in [3.63, 3.8) is 0 Å². The van der Waals surface area contributed by atoms with Crippen LogP contribution in [0.5, 0.6) is 5.75 Å². The van der Waals surface area contributed by atoms with Crippen molar-refractivity contribution >= 4 is 15.9 Å². The third-order valence-corrected chi connectivity index (χ3v) is 7.36. The Morgan fingerprint density at radius 3 is 2.35 bits per heavy atom. The van der Waals surface area contributed by atoms with E-state index in [1.54, 1.807) is 0 Å².